The summed E-state index contributed by atoms with van der Waals surface area (Å²) in [6.45, 7) is 4.61. The highest BCUT2D eigenvalue weighted by atomic mass is 32.2. The molecule has 1 aromatic heterocycles. The third-order valence-electron chi connectivity index (χ3n) is 5.62. The van der Waals surface area contributed by atoms with Crippen LogP contribution in [0.3, 0.4) is 0 Å². The van der Waals surface area contributed by atoms with Gasteiger partial charge in [0, 0.05) is 12.2 Å². The standard InChI is InChI=1S/C23H26N2O5S2/c1-4-32(27,28)18-9-5-7-16(13-18)22(26)25(14-17-8-6-12-30-17)23-24-20-19(29-3)11-10-15(2)21(20)31-23/h5,7,9-11,13,17H,4,6,8,12,14H2,1-3H3. The minimum absolute atomic E-state index is 0.0266. The first-order valence-corrected chi connectivity index (χ1v) is 13.0. The Bertz CT molecular complexity index is 1250. The van der Waals surface area contributed by atoms with Crippen LogP contribution in [-0.4, -0.2) is 51.4 Å². The molecule has 1 amide bonds. The highest BCUT2D eigenvalue weighted by Gasteiger charge is 2.28. The van der Waals surface area contributed by atoms with Gasteiger partial charge in [-0.3, -0.25) is 9.69 Å². The molecule has 0 spiro atoms. The number of hydrogen-bond acceptors (Lipinski definition) is 7. The molecular weight excluding hydrogens is 448 g/mol. The lowest BCUT2D eigenvalue weighted by atomic mass is 10.2. The van der Waals surface area contributed by atoms with E-state index in [0.717, 1.165) is 23.1 Å². The molecule has 9 heteroatoms. The number of rotatable bonds is 7. The minimum atomic E-state index is -3.43. The van der Waals surface area contributed by atoms with Crippen LogP contribution >= 0.6 is 11.3 Å². The van der Waals surface area contributed by atoms with Gasteiger partial charge in [0.05, 0.1) is 35.1 Å². The van der Waals surface area contributed by atoms with Crippen LogP contribution < -0.4 is 9.64 Å². The third-order valence-corrected chi connectivity index (χ3v) is 8.56. The van der Waals surface area contributed by atoms with E-state index in [2.05, 4.69) is 0 Å². The Balaban J connectivity index is 1.78. The molecule has 0 saturated carbocycles. The van der Waals surface area contributed by atoms with E-state index >= 15 is 0 Å². The summed E-state index contributed by atoms with van der Waals surface area (Å²) in [6.07, 6.45) is 1.72. The number of carbonyl (C=O) groups is 1. The van der Waals surface area contributed by atoms with E-state index in [9.17, 15) is 13.2 Å². The SMILES string of the molecule is CCS(=O)(=O)c1cccc(C(=O)N(CC2CCCO2)c2nc3c(OC)ccc(C)c3s2)c1. The van der Waals surface area contributed by atoms with Crippen LogP contribution in [0.1, 0.15) is 35.7 Å². The zero-order valence-electron chi connectivity index (χ0n) is 18.3. The lowest BCUT2D eigenvalue weighted by Crippen LogP contribution is -2.37. The van der Waals surface area contributed by atoms with Crippen LogP contribution in [0.4, 0.5) is 5.13 Å². The molecule has 1 atom stereocenters. The van der Waals surface area contributed by atoms with Gasteiger partial charge in [0.25, 0.3) is 5.91 Å². The van der Waals surface area contributed by atoms with Crippen molar-refractivity contribution in [1.29, 1.82) is 0 Å². The smallest absolute Gasteiger partial charge is 0.260 e. The van der Waals surface area contributed by atoms with E-state index in [1.165, 1.54) is 23.5 Å². The molecular formula is C23H26N2O5S2. The summed E-state index contributed by atoms with van der Waals surface area (Å²) >= 11 is 1.42. The highest BCUT2D eigenvalue weighted by Crippen LogP contribution is 2.37. The van der Waals surface area contributed by atoms with Gasteiger partial charge < -0.3 is 9.47 Å². The van der Waals surface area contributed by atoms with E-state index in [4.69, 9.17) is 14.5 Å². The van der Waals surface area contributed by atoms with Crippen LogP contribution in [-0.2, 0) is 14.6 Å². The van der Waals surface area contributed by atoms with Crippen molar-refractivity contribution in [3.63, 3.8) is 0 Å². The molecule has 1 aliphatic heterocycles. The van der Waals surface area contributed by atoms with Gasteiger partial charge in [-0.2, -0.15) is 0 Å². The fourth-order valence-corrected chi connectivity index (χ4v) is 5.75. The maximum absolute atomic E-state index is 13.6. The fraction of sp³-hybridized carbons (Fsp3) is 0.391. The molecule has 0 radical (unpaired) electrons. The summed E-state index contributed by atoms with van der Waals surface area (Å²) in [5.74, 6) is 0.319. The van der Waals surface area contributed by atoms with Gasteiger partial charge in [0.2, 0.25) is 0 Å². The number of aryl methyl sites for hydroxylation is 1. The first kappa shape index (κ1) is 22.7. The Labute approximate surface area is 191 Å². The van der Waals surface area contributed by atoms with Crippen LogP contribution in [0.5, 0.6) is 5.75 Å². The van der Waals surface area contributed by atoms with Crippen LogP contribution in [0.25, 0.3) is 10.2 Å². The summed E-state index contributed by atoms with van der Waals surface area (Å²) in [5, 5.41) is 0.539. The number of hydrogen-bond donors (Lipinski definition) is 0. The molecule has 0 bridgehead atoms. The summed E-state index contributed by atoms with van der Waals surface area (Å²) < 4.78 is 36.9. The van der Waals surface area contributed by atoms with Crippen molar-refractivity contribution in [1.82, 2.24) is 4.98 Å². The summed E-state index contributed by atoms with van der Waals surface area (Å²) in [5.41, 5.74) is 2.06. The molecule has 7 nitrogen and oxygen atoms in total. The van der Waals surface area contributed by atoms with Gasteiger partial charge in [0.15, 0.2) is 15.0 Å². The largest absolute Gasteiger partial charge is 0.494 e. The Morgan fingerprint density at radius 3 is 2.81 bits per heavy atom. The summed E-state index contributed by atoms with van der Waals surface area (Å²) in [4.78, 5) is 20.1. The quantitative estimate of drug-likeness (QED) is 0.509. The molecule has 0 N–H and O–H groups in total. The molecule has 1 aliphatic rings. The molecule has 1 unspecified atom stereocenters. The van der Waals surface area contributed by atoms with Crippen molar-refractivity contribution in [2.24, 2.45) is 0 Å². The van der Waals surface area contributed by atoms with E-state index in [1.54, 1.807) is 31.1 Å². The van der Waals surface area contributed by atoms with Crippen molar-refractivity contribution < 1.29 is 22.7 Å². The number of thiazole rings is 1. The predicted octanol–water partition coefficient (Wildman–Crippen LogP) is 4.23. The van der Waals surface area contributed by atoms with Crippen LogP contribution in [0, 0.1) is 6.92 Å². The number of aromatic nitrogens is 1. The van der Waals surface area contributed by atoms with Crippen molar-refractivity contribution in [3.05, 3.63) is 47.5 Å². The number of methoxy groups -OCH3 is 1. The van der Waals surface area contributed by atoms with E-state index in [1.807, 2.05) is 19.1 Å². The van der Waals surface area contributed by atoms with Gasteiger partial charge in [0.1, 0.15) is 11.3 Å². The fourth-order valence-electron chi connectivity index (χ4n) is 3.76. The number of anilines is 1. The third kappa shape index (κ3) is 4.37. The number of nitrogens with zero attached hydrogens (tertiary/aromatic N) is 2. The molecule has 170 valence electrons. The molecule has 2 heterocycles. The van der Waals surface area contributed by atoms with Gasteiger partial charge >= 0.3 is 0 Å². The zero-order chi connectivity index (χ0) is 22.9. The highest BCUT2D eigenvalue weighted by molar-refractivity contribution is 7.91. The molecule has 0 aliphatic carbocycles. The second-order valence-corrected chi connectivity index (χ2v) is 11.0. The monoisotopic (exact) mass is 474 g/mol. The number of fused-ring (bicyclic) bond motifs is 1. The molecule has 32 heavy (non-hydrogen) atoms. The zero-order valence-corrected chi connectivity index (χ0v) is 20.0. The lowest BCUT2D eigenvalue weighted by molar-refractivity contribution is 0.0917. The minimum Gasteiger partial charge on any atom is -0.494 e. The number of sulfone groups is 1. The molecule has 1 fully saturated rings. The second-order valence-electron chi connectivity index (χ2n) is 7.74. The number of ether oxygens (including phenoxy) is 2. The summed E-state index contributed by atoms with van der Waals surface area (Å²) in [6, 6.07) is 10.0. The van der Waals surface area contributed by atoms with E-state index in [-0.39, 0.29) is 22.7 Å². The second kappa shape index (κ2) is 9.17. The lowest BCUT2D eigenvalue weighted by Gasteiger charge is -2.23. The first-order valence-electron chi connectivity index (χ1n) is 10.5. The maximum atomic E-state index is 13.6. The van der Waals surface area contributed by atoms with Crippen molar-refractivity contribution >= 4 is 42.4 Å². The van der Waals surface area contributed by atoms with E-state index < -0.39 is 9.84 Å². The van der Waals surface area contributed by atoms with Crippen LogP contribution in [0.2, 0.25) is 0 Å². The van der Waals surface area contributed by atoms with Gasteiger partial charge in [-0.15, -0.1) is 0 Å². The normalized spacial score (nSPS) is 16.4. The number of carbonyl (C=O) groups excluding carboxylic acids is 1. The average Bonchev–Trinajstić information content (AvgIpc) is 3.48. The molecule has 4 rings (SSSR count). The predicted molar refractivity (Wildman–Crippen MR) is 126 cm³/mol. The number of amides is 1. The Morgan fingerprint density at radius 2 is 2.12 bits per heavy atom. The Hall–Kier alpha value is -2.49. The summed E-state index contributed by atoms with van der Waals surface area (Å²) in [7, 11) is -1.83. The Kier molecular flexibility index (Phi) is 6.50. The topological polar surface area (TPSA) is 85.8 Å². The van der Waals surface area contributed by atoms with Gasteiger partial charge in [-0.25, -0.2) is 13.4 Å². The first-order chi connectivity index (χ1) is 15.3. The molecule has 2 aromatic carbocycles. The van der Waals surface area contributed by atoms with Gasteiger partial charge in [-0.05, 0) is 49.6 Å². The van der Waals surface area contributed by atoms with Crippen molar-refractivity contribution in [3.8, 4) is 5.75 Å². The number of benzene rings is 2. The van der Waals surface area contributed by atoms with Gasteiger partial charge in [-0.1, -0.05) is 30.4 Å². The molecule has 1 saturated heterocycles. The average molecular weight is 475 g/mol. The van der Waals surface area contributed by atoms with Crippen molar-refractivity contribution in [2.75, 3.05) is 30.9 Å². The maximum Gasteiger partial charge on any atom is 0.260 e. The molecule has 3 aromatic rings. The van der Waals surface area contributed by atoms with Crippen LogP contribution in [0.15, 0.2) is 41.3 Å². The van der Waals surface area contributed by atoms with E-state index in [0.29, 0.717) is 35.1 Å². The Morgan fingerprint density at radius 1 is 1.31 bits per heavy atom. The van der Waals surface area contributed by atoms with Crippen molar-refractivity contribution in [2.45, 2.75) is 37.7 Å².